The third kappa shape index (κ3) is 6.92. The molecule has 0 radical (unpaired) electrons. The van der Waals surface area contributed by atoms with Gasteiger partial charge in [-0.05, 0) is 42.0 Å². The lowest BCUT2D eigenvalue weighted by Crippen LogP contribution is -2.17. The maximum Gasteiger partial charge on any atom is 0.573 e. The number of amides is 1. The van der Waals surface area contributed by atoms with Crippen molar-refractivity contribution in [3.63, 3.8) is 0 Å². The van der Waals surface area contributed by atoms with Gasteiger partial charge in [0.1, 0.15) is 11.6 Å². The Morgan fingerprint density at radius 3 is 2.24 bits per heavy atom. The number of carbonyl (C=O) groups excluding carboxylic acids is 2. The molecule has 0 spiro atoms. The minimum absolute atomic E-state index is 0.177. The highest BCUT2D eigenvalue weighted by Gasteiger charge is 2.31. The third-order valence-corrected chi connectivity index (χ3v) is 4.39. The summed E-state index contributed by atoms with van der Waals surface area (Å²) in [7, 11) is 3.54. The largest absolute Gasteiger partial charge is 0.573 e. The second-order valence-corrected chi connectivity index (χ2v) is 7.36. The molecule has 1 heterocycles. The summed E-state index contributed by atoms with van der Waals surface area (Å²) < 4.78 is 45.7. The molecule has 2 aromatic carbocycles. The van der Waals surface area contributed by atoms with Crippen LogP contribution in [0.4, 0.5) is 24.7 Å². The molecule has 0 saturated carbocycles. The van der Waals surface area contributed by atoms with Crippen LogP contribution in [0.5, 0.6) is 11.5 Å². The monoisotopic (exact) mass is 474 g/mol. The van der Waals surface area contributed by atoms with Crippen LogP contribution >= 0.6 is 0 Å². The molecule has 8 nitrogen and oxygen atoms in total. The van der Waals surface area contributed by atoms with Gasteiger partial charge in [-0.2, -0.15) is 0 Å². The van der Waals surface area contributed by atoms with Gasteiger partial charge in [-0.3, -0.25) is 9.59 Å². The normalized spacial score (nSPS) is 11.0. The number of nitrogens with one attached hydrogen (secondary N) is 1. The first kappa shape index (κ1) is 24.5. The smallest absolute Gasteiger partial charge is 0.421 e. The van der Waals surface area contributed by atoms with Crippen LogP contribution in [0, 0.1) is 0 Å². The van der Waals surface area contributed by atoms with E-state index in [1.807, 2.05) is 0 Å². The summed E-state index contributed by atoms with van der Waals surface area (Å²) in [5, 5.41) is 2.68. The molecule has 3 aromatic rings. The molecule has 0 bridgehead atoms. The number of aromatic nitrogens is 2. The summed E-state index contributed by atoms with van der Waals surface area (Å²) in [6.45, 7) is 1.30. The Balaban J connectivity index is 1.64. The van der Waals surface area contributed by atoms with Crippen molar-refractivity contribution in [3.8, 4) is 11.5 Å². The Labute approximate surface area is 193 Å². The van der Waals surface area contributed by atoms with Gasteiger partial charge < -0.3 is 19.7 Å². The predicted octanol–water partition coefficient (Wildman–Crippen LogP) is 4.21. The molecule has 0 aliphatic heterocycles. The standard InChI is InChI=1S/C23H21F3N4O4/c1-14(31)33-19-13-27-20(29-21(19)30(2)3)12-15-4-8-17(9-5-15)28-22(32)16-6-10-18(11-7-16)34-23(24,25)26/h4-11,13H,12H2,1-3H3,(H,28,32). The molecule has 11 heteroatoms. The van der Waals surface area contributed by atoms with E-state index in [2.05, 4.69) is 20.0 Å². The first-order valence-corrected chi connectivity index (χ1v) is 9.98. The number of ether oxygens (including phenoxy) is 2. The van der Waals surface area contributed by atoms with E-state index in [-0.39, 0.29) is 11.3 Å². The highest BCUT2D eigenvalue weighted by molar-refractivity contribution is 6.04. The first-order valence-electron chi connectivity index (χ1n) is 9.98. The number of hydrogen-bond donors (Lipinski definition) is 1. The number of benzene rings is 2. The number of alkyl halides is 3. The number of carbonyl (C=O) groups is 2. The SMILES string of the molecule is CC(=O)Oc1cnc(Cc2ccc(NC(=O)c3ccc(OC(F)(F)F)cc3)cc2)nc1N(C)C. The molecule has 3 rings (SSSR count). The van der Waals surface area contributed by atoms with Gasteiger partial charge in [-0.25, -0.2) is 9.97 Å². The van der Waals surface area contributed by atoms with E-state index in [1.165, 1.54) is 25.3 Å². The Hall–Kier alpha value is -4.15. The third-order valence-electron chi connectivity index (χ3n) is 4.39. The lowest BCUT2D eigenvalue weighted by Gasteiger charge is -2.16. The Kier molecular flexibility index (Phi) is 7.34. The van der Waals surface area contributed by atoms with E-state index < -0.39 is 24.0 Å². The summed E-state index contributed by atoms with van der Waals surface area (Å²) in [5.41, 5.74) is 1.55. The molecule has 0 aliphatic carbocycles. The van der Waals surface area contributed by atoms with Gasteiger partial charge in [-0.15, -0.1) is 13.2 Å². The van der Waals surface area contributed by atoms with Gasteiger partial charge in [-0.1, -0.05) is 12.1 Å². The van der Waals surface area contributed by atoms with Crippen LogP contribution in [0.1, 0.15) is 28.7 Å². The number of nitrogens with zero attached hydrogens (tertiary/aromatic N) is 3. The summed E-state index contributed by atoms with van der Waals surface area (Å²) >= 11 is 0. The van der Waals surface area contributed by atoms with E-state index in [4.69, 9.17) is 4.74 Å². The topological polar surface area (TPSA) is 93.6 Å². The molecule has 1 amide bonds. The molecule has 1 aromatic heterocycles. The summed E-state index contributed by atoms with van der Waals surface area (Å²) in [6, 6.07) is 11.6. The number of anilines is 2. The molecule has 1 N–H and O–H groups in total. The molecule has 0 atom stereocenters. The van der Waals surface area contributed by atoms with Gasteiger partial charge in [0.05, 0.1) is 6.20 Å². The van der Waals surface area contributed by atoms with Crippen molar-refractivity contribution in [1.82, 2.24) is 9.97 Å². The molecule has 0 unspecified atom stereocenters. The fourth-order valence-corrected chi connectivity index (χ4v) is 2.93. The van der Waals surface area contributed by atoms with Crippen LogP contribution in [-0.2, 0) is 11.2 Å². The fraction of sp³-hybridized carbons (Fsp3) is 0.217. The molecular formula is C23H21F3N4O4. The second-order valence-electron chi connectivity index (χ2n) is 7.36. The molecule has 34 heavy (non-hydrogen) atoms. The van der Waals surface area contributed by atoms with E-state index in [0.29, 0.717) is 23.8 Å². The van der Waals surface area contributed by atoms with E-state index in [0.717, 1.165) is 17.7 Å². The van der Waals surface area contributed by atoms with Gasteiger partial charge in [0.2, 0.25) is 0 Å². The van der Waals surface area contributed by atoms with E-state index in [9.17, 15) is 22.8 Å². The Morgan fingerprint density at radius 1 is 1.03 bits per heavy atom. The minimum atomic E-state index is -4.80. The lowest BCUT2D eigenvalue weighted by molar-refractivity contribution is -0.274. The zero-order chi connectivity index (χ0) is 24.9. The van der Waals surface area contributed by atoms with E-state index in [1.54, 1.807) is 43.3 Å². The van der Waals surface area contributed by atoms with Gasteiger partial charge in [0.15, 0.2) is 11.6 Å². The molecule has 0 fully saturated rings. The summed E-state index contributed by atoms with van der Waals surface area (Å²) in [6.07, 6.45) is -2.95. The zero-order valence-electron chi connectivity index (χ0n) is 18.5. The second kappa shape index (κ2) is 10.2. The first-order chi connectivity index (χ1) is 16.0. The zero-order valence-corrected chi connectivity index (χ0v) is 18.5. The van der Waals surface area contributed by atoms with Crippen LogP contribution < -0.4 is 19.7 Å². The minimum Gasteiger partial charge on any atom is -0.421 e. The van der Waals surface area contributed by atoms with Gasteiger partial charge in [0, 0.05) is 38.7 Å². The van der Waals surface area contributed by atoms with Crippen LogP contribution in [0.2, 0.25) is 0 Å². The van der Waals surface area contributed by atoms with Crippen molar-refractivity contribution >= 4 is 23.4 Å². The van der Waals surface area contributed by atoms with Crippen molar-refractivity contribution in [2.45, 2.75) is 19.7 Å². The van der Waals surface area contributed by atoms with Crippen LogP contribution in [0.3, 0.4) is 0 Å². The lowest BCUT2D eigenvalue weighted by atomic mass is 10.1. The quantitative estimate of drug-likeness (QED) is 0.513. The Bertz CT molecular complexity index is 1160. The number of halogens is 3. The van der Waals surface area contributed by atoms with Crippen LogP contribution in [0.15, 0.2) is 54.7 Å². The maximum atomic E-state index is 12.4. The fourth-order valence-electron chi connectivity index (χ4n) is 2.93. The summed E-state index contributed by atoms with van der Waals surface area (Å²) in [5.74, 6) is -0.117. The summed E-state index contributed by atoms with van der Waals surface area (Å²) in [4.78, 5) is 34.0. The highest BCUT2D eigenvalue weighted by Crippen LogP contribution is 2.25. The van der Waals surface area contributed by atoms with Crippen molar-refractivity contribution in [1.29, 1.82) is 0 Å². The predicted molar refractivity (Wildman–Crippen MR) is 118 cm³/mol. The molecular weight excluding hydrogens is 453 g/mol. The van der Waals surface area contributed by atoms with Crippen molar-refractivity contribution in [2.75, 3.05) is 24.3 Å². The van der Waals surface area contributed by atoms with Crippen LogP contribution in [-0.4, -0.2) is 42.3 Å². The van der Waals surface area contributed by atoms with Gasteiger partial charge in [0.25, 0.3) is 5.91 Å². The van der Waals surface area contributed by atoms with Crippen molar-refractivity contribution in [2.24, 2.45) is 0 Å². The molecule has 0 aliphatic rings. The Morgan fingerprint density at radius 2 is 1.68 bits per heavy atom. The van der Waals surface area contributed by atoms with Crippen molar-refractivity contribution < 1.29 is 32.2 Å². The average Bonchev–Trinajstić information content (AvgIpc) is 2.75. The van der Waals surface area contributed by atoms with Gasteiger partial charge >= 0.3 is 12.3 Å². The number of hydrogen-bond acceptors (Lipinski definition) is 7. The molecule has 178 valence electrons. The average molecular weight is 474 g/mol. The maximum absolute atomic E-state index is 12.4. The van der Waals surface area contributed by atoms with E-state index >= 15 is 0 Å². The van der Waals surface area contributed by atoms with Crippen LogP contribution in [0.25, 0.3) is 0 Å². The molecule has 0 saturated heterocycles. The highest BCUT2D eigenvalue weighted by atomic mass is 19.4. The number of rotatable bonds is 7. The number of esters is 1. The van der Waals surface area contributed by atoms with Crippen molar-refractivity contribution in [3.05, 3.63) is 71.7 Å².